The summed E-state index contributed by atoms with van der Waals surface area (Å²) >= 11 is 0. The van der Waals surface area contributed by atoms with Crippen LogP contribution in [-0.2, 0) is 18.9 Å². The average Bonchev–Trinajstić information content (AvgIpc) is 3.12. The zero-order valence-corrected chi connectivity index (χ0v) is 28.0. The maximum Gasteiger partial charge on any atom is 0.402 e. The molecule has 2 aromatic carbocycles. The Morgan fingerprint density at radius 3 is 1.92 bits per heavy atom. The number of aliphatic hydroxyl groups is 10. The number of ether oxygens (including phenoxy) is 6. The molecular formula is C32H39ClO20. The van der Waals surface area contributed by atoms with Gasteiger partial charge in [-0.3, -0.25) is 0 Å². The van der Waals surface area contributed by atoms with E-state index in [1.807, 2.05) is 0 Å². The highest BCUT2D eigenvalue weighted by atomic mass is 35.5. The molecule has 4 heterocycles. The monoisotopic (exact) mass is 778 g/mol. The fourth-order valence-corrected chi connectivity index (χ4v) is 5.99. The molecule has 14 unspecified atom stereocenters. The number of halogens is 1. The minimum absolute atomic E-state index is 0. The average molecular weight is 779 g/mol. The molecule has 0 bridgehead atoms. The molecule has 0 aliphatic carbocycles. The predicted octanol–water partition coefficient (Wildman–Crippen LogP) is -6.68. The number of aromatic hydroxyl groups is 3. The minimum Gasteiger partial charge on any atom is -1.00 e. The third-order valence-corrected chi connectivity index (χ3v) is 8.94. The van der Waals surface area contributed by atoms with Crippen molar-refractivity contribution in [3.05, 3.63) is 36.4 Å². The molecule has 3 fully saturated rings. The summed E-state index contributed by atoms with van der Waals surface area (Å²) in [4.78, 5) is 0. The molecule has 294 valence electrons. The van der Waals surface area contributed by atoms with Crippen molar-refractivity contribution in [2.45, 2.75) is 86.0 Å². The summed E-state index contributed by atoms with van der Waals surface area (Å²) in [6.07, 6.45) is -23.8. The van der Waals surface area contributed by atoms with Gasteiger partial charge in [0.15, 0.2) is 23.9 Å². The van der Waals surface area contributed by atoms with E-state index in [1.54, 1.807) is 0 Å². The fourth-order valence-electron chi connectivity index (χ4n) is 5.99. The molecule has 3 aliphatic heterocycles. The third kappa shape index (κ3) is 8.03. The van der Waals surface area contributed by atoms with Crippen molar-refractivity contribution in [1.29, 1.82) is 0 Å². The van der Waals surface area contributed by atoms with Crippen LogP contribution in [0, 0.1) is 0 Å². The number of fused-ring (bicyclic) bond motifs is 1. The quantitative estimate of drug-likeness (QED) is 0.0709. The lowest BCUT2D eigenvalue weighted by atomic mass is 9.98. The highest BCUT2D eigenvalue weighted by molar-refractivity contribution is 5.89. The Morgan fingerprint density at radius 2 is 1.26 bits per heavy atom. The van der Waals surface area contributed by atoms with Crippen LogP contribution in [0.15, 0.2) is 40.8 Å². The lowest BCUT2D eigenvalue weighted by molar-refractivity contribution is -0.344. The number of hydrogen-bond acceptors (Lipinski definition) is 19. The summed E-state index contributed by atoms with van der Waals surface area (Å²) in [6, 6.07) is 6.98. The second-order valence-electron chi connectivity index (χ2n) is 12.5. The second kappa shape index (κ2) is 16.5. The van der Waals surface area contributed by atoms with Crippen molar-refractivity contribution in [2.75, 3.05) is 19.8 Å². The van der Waals surface area contributed by atoms with Crippen LogP contribution in [-0.4, -0.2) is 172 Å². The van der Waals surface area contributed by atoms with E-state index < -0.39 is 123 Å². The summed E-state index contributed by atoms with van der Waals surface area (Å²) in [5.41, 5.74) is -0.0653. The van der Waals surface area contributed by atoms with Gasteiger partial charge in [0.1, 0.15) is 77.9 Å². The van der Waals surface area contributed by atoms with E-state index >= 15 is 0 Å². The number of hydrogen-bond donors (Lipinski definition) is 13. The zero-order chi connectivity index (χ0) is 37.6. The van der Waals surface area contributed by atoms with Crippen LogP contribution >= 0.6 is 0 Å². The fraction of sp³-hybridized carbons (Fsp3) is 0.531. The molecule has 0 spiro atoms. The van der Waals surface area contributed by atoms with Gasteiger partial charge in [-0.05, 0) is 12.1 Å². The van der Waals surface area contributed by atoms with Gasteiger partial charge in [-0.2, -0.15) is 0 Å². The normalized spacial score (nSPS) is 36.1. The molecule has 53 heavy (non-hydrogen) atoms. The third-order valence-electron chi connectivity index (χ3n) is 8.94. The first kappa shape index (κ1) is 40.8. The Bertz CT molecular complexity index is 1710. The molecule has 0 amide bonds. The van der Waals surface area contributed by atoms with Gasteiger partial charge in [0.25, 0.3) is 0 Å². The smallest absolute Gasteiger partial charge is 0.402 e. The highest BCUT2D eigenvalue weighted by Gasteiger charge is 2.51. The van der Waals surface area contributed by atoms with Gasteiger partial charge in [0, 0.05) is 18.2 Å². The molecule has 3 aromatic rings. The molecule has 6 rings (SSSR count). The molecule has 0 radical (unpaired) electrons. The van der Waals surface area contributed by atoms with Gasteiger partial charge in [-0.15, -0.1) is 0 Å². The molecule has 3 aliphatic rings. The lowest BCUT2D eigenvalue weighted by Crippen LogP contribution is -3.00. The molecule has 3 saturated heterocycles. The van der Waals surface area contributed by atoms with E-state index in [0.717, 1.165) is 24.3 Å². The lowest BCUT2D eigenvalue weighted by Gasteiger charge is -2.44. The van der Waals surface area contributed by atoms with Gasteiger partial charge in [0.05, 0.1) is 31.5 Å². The van der Waals surface area contributed by atoms with Gasteiger partial charge in [-0.25, -0.2) is 4.42 Å². The van der Waals surface area contributed by atoms with E-state index in [1.165, 1.54) is 12.1 Å². The number of rotatable bonds is 9. The molecule has 0 saturated carbocycles. The summed E-state index contributed by atoms with van der Waals surface area (Å²) in [6.45, 7) is -2.07. The van der Waals surface area contributed by atoms with Crippen LogP contribution in [0.25, 0.3) is 22.3 Å². The van der Waals surface area contributed by atoms with Gasteiger partial charge in [0.2, 0.25) is 18.3 Å². The molecule has 20 nitrogen and oxygen atoms in total. The standard InChI is InChI=1S/C32H38O20.ClH/c33-7-19-22(40)24(42)27(45)31(50-19)48-17-5-11(35)4-16-12(17)6-18(28(47-16)10-1-2-13(36)14(37)3-10)49-32-29(25(43)23(41)20(8-34)51-32)52-30-26(44)21(39)15(38)9-46-30;/h1-6,15,19-27,29-34,38-45H,7-9H2,(H2-,35,36,37);1H. The predicted molar refractivity (Wildman–Crippen MR) is 166 cm³/mol. The van der Waals surface area contributed by atoms with E-state index in [2.05, 4.69) is 0 Å². The van der Waals surface area contributed by atoms with Crippen molar-refractivity contribution in [3.63, 3.8) is 0 Å². The van der Waals surface area contributed by atoms with Crippen molar-refractivity contribution < 1.29 is 112 Å². The topological polar surface area (TPSA) is 330 Å². The van der Waals surface area contributed by atoms with Crippen molar-refractivity contribution >= 4 is 11.0 Å². The number of aliphatic hydroxyl groups excluding tert-OH is 10. The summed E-state index contributed by atoms with van der Waals surface area (Å²) in [7, 11) is 0. The summed E-state index contributed by atoms with van der Waals surface area (Å²) < 4.78 is 40.3. The van der Waals surface area contributed by atoms with Gasteiger partial charge in [-0.1, -0.05) is 0 Å². The van der Waals surface area contributed by atoms with Gasteiger partial charge >= 0.3 is 11.3 Å². The molecule has 1 aromatic heterocycles. The zero-order valence-electron chi connectivity index (χ0n) is 27.2. The van der Waals surface area contributed by atoms with Crippen LogP contribution in [0.2, 0.25) is 0 Å². The maximum absolute atomic E-state index is 11.1. The number of phenols is 3. The Morgan fingerprint density at radius 1 is 0.642 bits per heavy atom. The van der Waals surface area contributed by atoms with E-state index in [0.29, 0.717) is 0 Å². The Balaban J connectivity index is 0.00000541. The Labute approximate surface area is 304 Å². The molecule has 21 heteroatoms. The maximum atomic E-state index is 11.1. The van der Waals surface area contributed by atoms with Gasteiger partial charge < -0.3 is 107 Å². The second-order valence-corrected chi connectivity index (χ2v) is 12.5. The van der Waals surface area contributed by atoms with Crippen LogP contribution in [0.3, 0.4) is 0 Å². The van der Waals surface area contributed by atoms with Crippen LogP contribution in [0.5, 0.6) is 28.7 Å². The summed E-state index contributed by atoms with van der Waals surface area (Å²) in [5.74, 6) is -2.30. The minimum atomic E-state index is -1.89. The number of phenolic OH excluding ortho intramolecular Hbond substituents is 3. The molecule has 14 atom stereocenters. The number of benzene rings is 2. The van der Waals surface area contributed by atoms with E-state index in [9.17, 15) is 66.4 Å². The van der Waals surface area contributed by atoms with Crippen LogP contribution < -0.4 is 21.9 Å². The van der Waals surface area contributed by atoms with Crippen LogP contribution in [0.1, 0.15) is 0 Å². The first-order valence-electron chi connectivity index (χ1n) is 16.0. The highest BCUT2D eigenvalue weighted by Crippen LogP contribution is 2.43. The Kier molecular flexibility index (Phi) is 12.7. The van der Waals surface area contributed by atoms with Crippen molar-refractivity contribution in [1.82, 2.24) is 0 Å². The summed E-state index contributed by atoms with van der Waals surface area (Å²) in [5, 5.41) is 134. The van der Waals surface area contributed by atoms with Crippen LogP contribution in [0.4, 0.5) is 0 Å². The van der Waals surface area contributed by atoms with E-state index in [4.69, 9.17) is 32.8 Å². The SMILES string of the molecule is OCC1OC(Oc2cc(O)cc3[o+]c(-c4ccc(O)c(O)c4)c(OC4OC(CO)C(O)C(O)C4OC4OCC(O)C(O)C4O)cc23)C(O)C(O)C1O.[Cl-]. The first-order chi connectivity index (χ1) is 24.7. The molecule has 13 N–H and O–H groups in total. The van der Waals surface area contributed by atoms with Crippen molar-refractivity contribution in [2.24, 2.45) is 0 Å². The van der Waals surface area contributed by atoms with E-state index in [-0.39, 0.29) is 46.2 Å². The Hall–Kier alpha value is -3.42. The molecular weight excluding hydrogens is 740 g/mol. The van der Waals surface area contributed by atoms with Crippen molar-refractivity contribution in [3.8, 4) is 40.1 Å². The first-order valence-corrected chi connectivity index (χ1v) is 16.0. The largest absolute Gasteiger partial charge is 1.00 e.